The molecule has 3 N–H and O–H groups in total. The molecule has 1 saturated heterocycles. The van der Waals surface area contributed by atoms with E-state index in [9.17, 15) is 22.8 Å². The molecule has 0 bridgehead atoms. The lowest BCUT2D eigenvalue weighted by molar-refractivity contribution is -0.140. The van der Waals surface area contributed by atoms with E-state index in [4.69, 9.17) is 18.9 Å². The van der Waals surface area contributed by atoms with Gasteiger partial charge in [0.1, 0.15) is 29.5 Å². The molecular formula is C35H43N7O9S. The van der Waals surface area contributed by atoms with Crippen LogP contribution in [0.5, 0.6) is 23.4 Å². The average molecular weight is 738 g/mol. The number of methoxy groups -OCH3 is 3. The van der Waals surface area contributed by atoms with Gasteiger partial charge in [0.15, 0.2) is 0 Å². The van der Waals surface area contributed by atoms with Crippen molar-refractivity contribution in [3.63, 3.8) is 0 Å². The zero-order valence-electron chi connectivity index (χ0n) is 29.6. The van der Waals surface area contributed by atoms with Crippen LogP contribution >= 0.6 is 0 Å². The molecule has 16 nitrogen and oxygen atoms in total. The highest BCUT2D eigenvalue weighted by atomic mass is 32.2. The van der Waals surface area contributed by atoms with E-state index in [1.54, 1.807) is 19.4 Å². The lowest BCUT2D eigenvalue weighted by Gasteiger charge is -2.31. The lowest BCUT2D eigenvalue weighted by Crippen LogP contribution is -2.58. The van der Waals surface area contributed by atoms with E-state index in [1.807, 2.05) is 32.0 Å². The number of rotatable bonds is 15. The summed E-state index contributed by atoms with van der Waals surface area (Å²) in [5, 5.41) is 6.79. The fraction of sp³-hybridized carbons (Fsp3) is 0.486. The Morgan fingerprint density at radius 3 is 2.35 bits per heavy atom. The summed E-state index contributed by atoms with van der Waals surface area (Å²) in [4.78, 5) is 56.7. The number of hydrogen-bond acceptors (Lipinski definition) is 13. The maximum Gasteiger partial charge on any atom is 0.259 e. The smallest absolute Gasteiger partial charge is 0.259 e. The summed E-state index contributed by atoms with van der Waals surface area (Å²) in [6.07, 6.45) is 3.56. The average Bonchev–Trinajstić information content (AvgIpc) is 4.06. The van der Waals surface area contributed by atoms with Crippen molar-refractivity contribution in [1.82, 2.24) is 29.9 Å². The number of carbonyl (C=O) groups excluding carboxylic acids is 3. The summed E-state index contributed by atoms with van der Waals surface area (Å²) in [7, 11) is 0.567. The lowest BCUT2D eigenvalue weighted by atomic mass is 10.0. The zero-order valence-corrected chi connectivity index (χ0v) is 30.4. The van der Waals surface area contributed by atoms with Crippen molar-refractivity contribution in [2.45, 2.75) is 68.5 Å². The number of amides is 3. The van der Waals surface area contributed by atoms with Gasteiger partial charge in [0, 0.05) is 23.9 Å². The third-order valence-electron chi connectivity index (χ3n) is 9.63. The summed E-state index contributed by atoms with van der Waals surface area (Å²) in [5.41, 5.74) is -1.54. The van der Waals surface area contributed by atoms with E-state index < -0.39 is 62.6 Å². The van der Waals surface area contributed by atoms with E-state index in [2.05, 4.69) is 36.9 Å². The topological polar surface area (TPSA) is 200 Å². The van der Waals surface area contributed by atoms with Crippen LogP contribution in [0.3, 0.4) is 0 Å². The minimum absolute atomic E-state index is 0.00151. The molecule has 1 aromatic carbocycles. The van der Waals surface area contributed by atoms with Crippen LogP contribution < -0.4 is 34.3 Å². The Hall–Kier alpha value is -5.19. The van der Waals surface area contributed by atoms with Crippen LogP contribution in [0.2, 0.25) is 0 Å². The van der Waals surface area contributed by atoms with Crippen molar-refractivity contribution in [1.29, 1.82) is 0 Å². The van der Waals surface area contributed by atoms with Crippen molar-refractivity contribution >= 4 is 44.5 Å². The van der Waals surface area contributed by atoms with Gasteiger partial charge in [0.05, 0.1) is 39.2 Å². The molecule has 2 saturated carbocycles. The summed E-state index contributed by atoms with van der Waals surface area (Å²) in [6, 6.07) is 6.74. The number of aromatic nitrogens is 3. The second-order valence-electron chi connectivity index (χ2n) is 13.5. The standard InChI is InChI=1S/C35H43N7O9S/c1-7-21-17-35(21,33(45)41-52(46,47)24-9-10-24)40-30(43)26-15-23(51-31-25-11-8-22(48-4)14-20(25)12-13-36-31)18-42(26)32(44)29(19(2)3)39-34-37-27(49-5)16-28(38-34)50-6/h7-8,11-14,16,19,21,23-24,26,29H,1,9-10,15,17-18H2,2-6H3,(H,40,43)(H,41,45)(H,37,38,39)/t21-,23-,26+,29+,35-/m1/s1. The van der Waals surface area contributed by atoms with Gasteiger partial charge in [0.25, 0.3) is 5.91 Å². The first-order chi connectivity index (χ1) is 24.8. The SMILES string of the molecule is C=C[C@@H]1C[C@]1(NC(=O)[C@@H]1C[C@@H](Oc2nccc3cc(OC)ccc23)CN1C(=O)[C@@H](Nc1nc(OC)cc(OC)n1)C(C)C)C(=O)NS(=O)(=O)C1CC1. The second kappa shape index (κ2) is 14.4. The quantitative estimate of drug-likeness (QED) is 0.192. The third-order valence-corrected chi connectivity index (χ3v) is 11.4. The van der Waals surface area contributed by atoms with Crippen molar-refractivity contribution in [2.75, 3.05) is 33.2 Å². The van der Waals surface area contributed by atoms with Gasteiger partial charge >= 0.3 is 0 Å². The Kier molecular flexibility index (Phi) is 10.2. The van der Waals surface area contributed by atoms with Crippen LogP contribution in [0.1, 0.15) is 39.5 Å². The summed E-state index contributed by atoms with van der Waals surface area (Å²) in [5.74, 6) is -1.28. The minimum Gasteiger partial charge on any atom is -0.497 e. The number of hydrogen-bond donors (Lipinski definition) is 3. The van der Waals surface area contributed by atoms with E-state index in [-0.39, 0.29) is 43.0 Å². The van der Waals surface area contributed by atoms with Gasteiger partial charge in [-0.25, -0.2) is 13.4 Å². The molecule has 2 aromatic heterocycles. The Morgan fingerprint density at radius 1 is 1.04 bits per heavy atom. The molecule has 3 aliphatic rings. The van der Waals surface area contributed by atoms with Gasteiger partial charge < -0.3 is 34.5 Å². The summed E-state index contributed by atoms with van der Waals surface area (Å²) < 4.78 is 49.8. The number of carbonyl (C=O) groups is 3. The Balaban J connectivity index is 1.30. The molecule has 5 atom stereocenters. The van der Waals surface area contributed by atoms with Gasteiger partial charge in [-0.3, -0.25) is 19.1 Å². The van der Waals surface area contributed by atoms with Crippen LogP contribution in [0, 0.1) is 11.8 Å². The van der Waals surface area contributed by atoms with Gasteiger partial charge in [-0.2, -0.15) is 9.97 Å². The van der Waals surface area contributed by atoms with Crippen LogP contribution in [0.4, 0.5) is 5.95 Å². The number of nitrogens with one attached hydrogen (secondary N) is 3. The number of pyridine rings is 1. The van der Waals surface area contributed by atoms with Gasteiger partial charge in [-0.05, 0) is 54.8 Å². The van der Waals surface area contributed by atoms with E-state index >= 15 is 0 Å². The maximum absolute atomic E-state index is 14.5. The zero-order chi connectivity index (χ0) is 37.4. The number of benzene rings is 1. The first-order valence-electron chi connectivity index (χ1n) is 17.0. The van der Waals surface area contributed by atoms with Crippen LogP contribution in [-0.2, 0) is 24.4 Å². The normalized spacial score (nSPS) is 23.0. The summed E-state index contributed by atoms with van der Waals surface area (Å²) >= 11 is 0. The van der Waals surface area contributed by atoms with E-state index in [1.165, 1.54) is 31.3 Å². The molecule has 6 rings (SSSR count). The van der Waals surface area contributed by atoms with E-state index in [0.717, 1.165) is 5.39 Å². The highest BCUT2D eigenvalue weighted by molar-refractivity contribution is 7.91. The third kappa shape index (κ3) is 7.40. The van der Waals surface area contributed by atoms with Gasteiger partial charge in [0.2, 0.25) is 45.4 Å². The number of nitrogens with zero attached hydrogens (tertiary/aromatic N) is 4. The molecule has 3 amide bonds. The van der Waals surface area contributed by atoms with E-state index in [0.29, 0.717) is 29.9 Å². The Morgan fingerprint density at radius 2 is 1.75 bits per heavy atom. The molecule has 0 unspecified atom stereocenters. The number of likely N-dealkylation sites (tertiary alicyclic amines) is 1. The largest absolute Gasteiger partial charge is 0.497 e. The Labute approximate surface area is 301 Å². The summed E-state index contributed by atoms with van der Waals surface area (Å²) in [6.45, 7) is 7.44. The predicted molar refractivity (Wildman–Crippen MR) is 189 cm³/mol. The molecule has 278 valence electrons. The fourth-order valence-electron chi connectivity index (χ4n) is 6.41. The molecule has 52 heavy (non-hydrogen) atoms. The number of fused-ring (bicyclic) bond motifs is 1. The van der Waals surface area contributed by atoms with Crippen molar-refractivity contribution in [3.8, 4) is 23.4 Å². The van der Waals surface area contributed by atoms with Gasteiger partial charge in [-0.15, -0.1) is 6.58 Å². The van der Waals surface area contributed by atoms with Gasteiger partial charge in [-0.1, -0.05) is 19.9 Å². The Bertz CT molecular complexity index is 1970. The monoisotopic (exact) mass is 737 g/mol. The second-order valence-corrected chi connectivity index (χ2v) is 15.5. The van der Waals surface area contributed by atoms with Crippen LogP contribution in [0.25, 0.3) is 10.8 Å². The van der Waals surface area contributed by atoms with Crippen molar-refractivity contribution < 1.29 is 41.7 Å². The highest BCUT2D eigenvalue weighted by Crippen LogP contribution is 2.45. The molecule has 3 heterocycles. The predicted octanol–water partition coefficient (Wildman–Crippen LogP) is 2.20. The number of sulfonamides is 1. The number of anilines is 1. The number of ether oxygens (including phenoxy) is 4. The van der Waals surface area contributed by atoms with Crippen LogP contribution in [-0.4, -0.2) is 103 Å². The fourth-order valence-corrected chi connectivity index (χ4v) is 7.77. The molecule has 3 aromatic rings. The molecule has 0 spiro atoms. The minimum atomic E-state index is -3.89. The van der Waals surface area contributed by atoms with Crippen molar-refractivity contribution in [2.24, 2.45) is 11.8 Å². The molecular weight excluding hydrogens is 694 g/mol. The molecule has 2 aliphatic carbocycles. The van der Waals surface area contributed by atoms with Crippen molar-refractivity contribution in [3.05, 3.63) is 49.2 Å². The molecule has 1 aliphatic heterocycles. The van der Waals surface area contributed by atoms with Crippen LogP contribution in [0.15, 0.2) is 49.2 Å². The maximum atomic E-state index is 14.5. The first-order valence-corrected chi connectivity index (χ1v) is 18.5. The molecule has 17 heteroatoms. The first kappa shape index (κ1) is 36.6. The highest BCUT2D eigenvalue weighted by Gasteiger charge is 2.62. The molecule has 3 fully saturated rings. The molecule has 0 radical (unpaired) electrons.